The summed E-state index contributed by atoms with van der Waals surface area (Å²) in [7, 11) is 1.18. The van der Waals surface area contributed by atoms with Crippen molar-refractivity contribution in [2.24, 2.45) is 5.73 Å². The number of nitrogens with two attached hydrogens (primary N) is 1. The second-order valence-electron chi connectivity index (χ2n) is 1.92. The maximum Gasteiger partial charge on any atom is 0.0714 e. The van der Waals surface area contributed by atoms with Crippen molar-refractivity contribution in [2.75, 3.05) is 0 Å². The van der Waals surface area contributed by atoms with Crippen LogP contribution in [0.2, 0.25) is 0 Å². The molecular formula is C5H15NSSi. The van der Waals surface area contributed by atoms with E-state index in [4.69, 9.17) is 5.73 Å². The molecule has 8 heavy (non-hydrogen) atoms. The predicted octanol–water partition coefficient (Wildman–Crippen LogP) is 0.475. The second kappa shape index (κ2) is 5.66. The number of hydrogen-bond acceptors (Lipinski definition) is 2. The van der Waals surface area contributed by atoms with Crippen LogP contribution in [0.5, 0.6) is 0 Å². The predicted molar refractivity (Wildman–Crippen MR) is 45.0 cm³/mol. The summed E-state index contributed by atoms with van der Waals surface area (Å²) in [5.41, 5.74) is 5.66. The molecule has 0 aliphatic heterocycles. The van der Waals surface area contributed by atoms with E-state index < -0.39 is 0 Å². The van der Waals surface area contributed by atoms with Crippen LogP contribution in [0.15, 0.2) is 0 Å². The molecule has 0 radical (unpaired) electrons. The Morgan fingerprint density at radius 3 is 2.75 bits per heavy atom. The van der Waals surface area contributed by atoms with E-state index in [1.165, 1.54) is 28.7 Å². The highest BCUT2D eigenvalue weighted by molar-refractivity contribution is 8.20. The van der Waals surface area contributed by atoms with Crippen molar-refractivity contribution < 1.29 is 0 Å². The lowest BCUT2D eigenvalue weighted by Gasteiger charge is -2.04. The molecule has 0 saturated heterocycles. The van der Waals surface area contributed by atoms with Gasteiger partial charge in [0.05, 0.1) is 9.39 Å². The van der Waals surface area contributed by atoms with Crippen LogP contribution in [0.1, 0.15) is 26.2 Å². The average Bonchev–Trinajstić information content (AvgIpc) is 1.83. The summed E-state index contributed by atoms with van der Waals surface area (Å²) in [6, 6.07) is 0. The largest absolute Gasteiger partial charge is 0.320 e. The minimum absolute atomic E-state index is 0.432. The quantitative estimate of drug-likeness (QED) is 0.465. The Hall–Kier alpha value is 0.527. The van der Waals surface area contributed by atoms with E-state index in [2.05, 4.69) is 6.92 Å². The highest BCUT2D eigenvalue weighted by Crippen LogP contribution is 2.06. The Morgan fingerprint density at radius 2 is 2.38 bits per heavy atom. The standard InChI is InChI=1S/C5H15NSSi/c1-2-3-4-5(6)7-8/h5H,2-4,6H2,1,8H3. The lowest BCUT2D eigenvalue weighted by Crippen LogP contribution is -2.14. The lowest BCUT2D eigenvalue weighted by atomic mass is 10.2. The first-order valence-electron chi connectivity index (χ1n) is 3.09. The van der Waals surface area contributed by atoms with Gasteiger partial charge in [-0.05, 0) is 6.42 Å². The molecule has 3 heteroatoms. The zero-order valence-corrected chi connectivity index (χ0v) is 8.50. The van der Waals surface area contributed by atoms with Gasteiger partial charge in [-0.25, -0.2) is 0 Å². The van der Waals surface area contributed by atoms with E-state index in [0.717, 1.165) is 0 Å². The second-order valence-corrected chi connectivity index (χ2v) is 4.41. The van der Waals surface area contributed by atoms with Crippen LogP contribution in [0.3, 0.4) is 0 Å². The Labute approximate surface area is 58.5 Å². The van der Waals surface area contributed by atoms with E-state index in [-0.39, 0.29) is 0 Å². The van der Waals surface area contributed by atoms with E-state index in [9.17, 15) is 0 Å². The van der Waals surface area contributed by atoms with Gasteiger partial charge in [0, 0.05) is 5.37 Å². The molecule has 0 aliphatic carbocycles. The molecule has 0 aliphatic rings. The molecule has 50 valence electrons. The molecule has 1 atom stereocenters. The summed E-state index contributed by atoms with van der Waals surface area (Å²) in [5.74, 6) is 0. The first kappa shape index (κ1) is 8.53. The van der Waals surface area contributed by atoms with Crippen molar-refractivity contribution in [3.8, 4) is 0 Å². The summed E-state index contributed by atoms with van der Waals surface area (Å²) in [6.07, 6.45) is 3.76. The van der Waals surface area contributed by atoms with Crippen LogP contribution in [-0.2, 0) is 0 Å². The van der Waals surface area contributed by atoms with Crippen molar-refractivity contribution in [1.82, 2.24) is 0 Å². The van der Waals surface area contributed by atoms with Crippen molar-refractivity contribution in [2.45, 2.75) is 31.6 Å². The summed E-state index contributed by atoms with van der Waals surface area (Å²) in [4.78, 5) is 0. The van der Waals surface area contributed by atoms with Crippen molar-refractivity contribution in [3.63, 3.8) is 0 Å². The maximum absolute atomic E-state index is 5.66. The van der Waals surface area contributed by atoms with Gasteiger partial charge < -0.3 is 5.73 Å². The molecule has 0 amide bonds. The topological polar surface area (TPSA) is 26.0 Å². The molecule has 0 bridgehead atoms. The van der Waals surface area contributed by atoms with Crippen LogP contribution < -0.4 is 5.73 Å². The van der Waals surface area contributed by atoms with Gasteiger partial charge in [0.1, 0.15) is 0 Å². The smallest absolute Gasteiger partial charge is 0.0714 e. The number of hydrogen-bond donors (Lipinski definition) is 1. The van der Waals surface area contributed by atoms with Crippen molar-refractivity contribution >= 4 is 20.6 Å². The minimum Gasteiger partial charge on any atom is -0.320 e. The van der Waals surface area contributed by atoms with E-state index in [0.29, 0.717) is 5.37 Å². The Balaban J connectivity index is 2.86. The molecule has 1 unspecified atom stereocenters. The maximum atomic E-state index is 5.66. The van der Waals surface area contributed by atoms with Crippen LogP contribution in [-0.4, -0.2) is 14.8 Å². The average molecular weight is 149 g/mol. The van der Waals surface area contributed by atoms with Gasteiger partial charge in [-0.3, -0.25) is 0 Å². The molecule has 0 fully saturated rings. The highest BCUT2D eigenvalue weighted by atomic mass is 32.4. The fraction of sp³-hybridized carbons (Fsp3) is 1.00. The number of unbranched alkanes of at least 4 members (excludes halogenated alkanes) is 1. The molecule has 0 heterocycles. The third-order valence-corrected chi connectivity index (χ3v) is 3.80. The fourth-order valence-corrected chi connectivity index (χ4v) is 1.63. The minimum atomic E-state index is 0.432. The van der Waals surface area contributed by atoms with Gasteiger partial charge in [0.15, 0.2) is 0 Å². The third-order valence-electron chi connectivity index (χ3n) is 1.14. The molecule has 2 N–H and O–H groups in total. The molecule has 1 nitrogen and oxygen atoms in total. The first-order chi connectivity index (χ1) is 3.81. The van der Waals surface area contributed by atoms with Gasteiger partial charge in [0.25, 0.3) is 0 Å². The molecule has 0 saturated carbocycles. The monoisotopic (exact) mass is 149 g/mol. The fourth-order valence-electron chi connectivity index (χ4n) is 0.523. The van der Waals surface area contributed by atoms with Gasteiger partial charge in [-0.1, -0.05) is 19.8 Å². The van der Waals surface area contributed by atoms with Crippen LogP contribution in [0, 0.1) is 0 Å². The van der Waals surface area contributed by atoms with E-state index in [1.807, 2.05) is 11.2 Å². The summed E-state index contributed by atoms with van der Waals surface area (Å²) in [5, 5.41) is 0.432. The van der Waals surface area contributed by atoms with Gasteiger partial charge in [-0.15, -0.1) is 0 Å². The Kier molecular flexibility index (Phi) is 6.03. The van der Waals surface area contributed by atoms with Crippen molar-refractivity contribution in [3.05, 3.63) is 0 Å². The Morgan fingerprint density at radius 1 is 1.75 bits per heavy atom. The van der Waals surface area contributed by atoms with E-state index >= 15 is 0 Å². The van der Waals surface area contributed by atoms with E-state index in [1.54, 1.807) is 0 Å². The SMILES string of the molecule is CCCCC(N)S[SiH3]. The molecule has 0 aromatic carbocycles. The van der Waals surface area contributed by atoms with Crippen LogP contribution in [0.25, 0.3) is 0 Å². The molecule has 0 rings (SSSR count). The third kappa shape index (κ3) is 4.68. The van der Waals surface area contributed by atoms with Crippen LogP contribution in [0.4, 0.5) is 0 Å². The highest BCUT2D eigenvalue weighted by Gasteiger charge is 1.94. The summed E-state index contributed by atoms with van der Waals surface area (Å²) < 4.78 is 0. The van der Waals surface area contributed by atoms with Gasteiger partial charge in [0.2, 0.25) is 0 Å². The van der Waals surface area contributed by atoms with Crippen molar-refractivity contribution in [1.29, 1.82) is 0 Å². The first-order valence-corrected chi connectivity index (χ1v) is 6.83. The van der Waals surface area contributed by atoms with Crippen LogP contribution >= 0.6 is 11.2 Å². The Bertz CT molecular complexity index is 51.7. The summed E-state index contributed by atoms with van der Waals surface area (Å²) in [6.45, 7) is 2.20. The molecular weight excluding hydrogens is 134 g/mol. The summed E-state index contributed by atoms with van der Waals surface area (Å²) >= 11 is 1.88. The van der Waals surface area contributed by atoms with Gasteiger partial charge >= 0.3 is 0 Å². The number of rotatable bonds is 4. The molecule has 0 aromatic heterocycles. The zero-order chi connectivity index (χ0) is 6.41. The molecule has 0 aromatic rings. The normalized spacial score (nSPS) is 14.2. The molecule has 0 spiro atoms. The lowest BCUT2D eigenvalue weighted by molar-refractivity contribution is 0.701. The van der Waals surface area contributed by atoms with Gasteiger partial charge in [-0.2, -0.15) is 11.2 Å². The zero-order valence-electron chi connectivity index (χ0n) is 5.68.